The zero-order valence-corrected chi connectivity index (χ0v) is 24.1. The molecule has 206 valence electrons. The van der Waals surface area contributed by atoms with Crippen LogP contribution in [0, 0.1) is 12.8 Å². The number of nitrogens with zero attached hydrogens (tertiary/aromatic N) is 2. The van der Waals surface area contributed by atoms with E-state index in [4.69, 9.17) is 0 Å². The molecular formula is C36H34N2O2S. The van der Waals surface area contributed by atoms with Crippen LogP contribution < -0.4 is 4.90 Å². The molecule has 0 aliphatic carbocycles. The highest BCUT2D eigenvalue weighted by Crippen LogP contribution is 2.42. The van der Waals surface area contributed by atoms with Crippen molar-refractivity contribution < 1.29 is 9.59 Å². The second-order valence-corrected chi connectivity index (χ2v) is 12.1. The van der Waals surface area contributed by atoms with Gasteiger partial charge in [0, 0.05) is 23.5 Å². The number of carbonyl (C=O) groups is 2. The van der Waals surface area contributed by atoms with Crippen molar-refractivity contribution in [2.24, 2.45) is 5.92 Å². The van der Waals surface area contributed by atoms with E-state index in [-0.39, 0.29) is 11.8 Å². The SMILES string of the molecule is Cc1cccc(CN2C(=O)/C(=C\c3ccc(C(=O)N4CCC(Cc5ccccc5)CC4)cc3)Sc3ccccc32)c1. The Morgan fingerprint density at radius 1 is 0.854 bits per heavy atom. The minimum absolute atomic E-state index is 0.00580. The summed E-state index contributed by atoms with van der Waals surface area (Å²) in [5.74, 6) is 0.703. The minimum Gasteiger partial charge on any atom is -0.339 e. The van der Waals surface area contributed by atoms with Gasteiger partial charge in [-0.05, 0) is 79.1 Å². The summed E-state index contributed by atoms with van der Waals surface area (Å²) in [6.45, 7) is 4.18. The summed E-state index contributed by atoms with van der Waals surface area (Å²) in [5, 5.41) is 0. The molecule has 2 aliphatic rings. The van der Waals surface area contributed by atoms with Gasteiger partial charge in [-0.25, -0.2) is 0 Å². The summed E-state index contributed by atoms with van der Waals surface area (Å²) < 4.78 is 0. The van der Waals surface area contributed by atoms with E-state index >= 15 is 0 Å². The molecule has 2 amide bonds. The number of amides is 2. The van der Waals surface area contributed by atoms with E-state index in [1.54, 1.807) is 0 Å². The van der Waals surface area contributed by atoms with Gasteiger partial charge >= 0.3 is 0 Å². The lowest BCUT2D eigenvalue weighted by molar-refractivity contribution is -0.114. The van der Waals surface area contributed by atoms with Crippen LogP contribution in [0.15, 0.2) is 113 Å². The first-order valence-corrected chi connectivity index (χ1v) is 15.1. The van der Waals surface area contributed by atoms with Gasteiger partial charge in [-0.3, -0.25) is 9.59 Å². The van der Waals surface area contributed by atoms with Gasteiger partial charge in [-0.1, -0.05) is 96.2 Å². The number of para-hydroxylation sites is 1. The van der Waals surface area contributed by atoms with Crippen LogP contribution in [0.2, 0.25) is 0 Å². The number of aryl methyl sites for hydroxylation is 1. The number of hydrogen-bond donors (Lipinski definition) is 0. The maximum atomic E-state index is 13.7. The number of rotatable bonds is 6. The summed E-state index contributed by atoms with van der Waals surface area (Å²) >= 11 is 1.51. The van der Waals surface area contributed by atoms with Gasteiger partial charge in [0.1, 0.15) is 0 Å². The third kappa shape index (κ3) is 6.31. The molecule has 0 aromatic heterocycles. The van der Waals surface area contributed by atoms with E-state index in [2.05, 4.69) is 61.5 Å². The highest BCUT2D eigenvalue weighted by atomic mass is 32.2. The molecule has 2 heterocycles. The van der Waals surface area contributed by atoms with Gasteiger partial charge in [0.2, 0.25) is 0 Å². The lowest BCUT2D eigenvalue weighted by Crippen LogP contribution is -2.38. The van der Waals surface area contributed by atoms with Gasteiger partial charge in [-0.2, -0.15) is 0 Å². The molecule has 0 bridgehead atoms. The molecule has 6 rings (SSSR count). The molecule has 4 aromatic rings. The normalized spacial score (nSPS) is 16.6. The van der Waals surface area contributed by atoms with Crippen molar-refractivity contribution in [3.8, 4) is 0 Å². The fourth-order valence-electron chi connectivity index (χ4n) is 5.76. The molecule has 1 fully saturated rings. The Bertz CT molecular complexity index is 1570. The van der Waals surface area contributed by atoms with E-state index < -0.39 is 0 Å². The van der Waals surface area contributed by atoms with E-state index in [9.17, 15) is 9.59 Å². The van der Waals surface area contributed by atoms with Crippen LogP contribution in [-0.2, 0) is 17.8 Å². The zero-order chi connectivity index (χ0) is 28.2. The van der Waals surface area contributed by atoms with E-state index in [1.165, 1.54) is 22.9 Å². The third-order valence-corrected chi connectivity index (χ3v) is 9.06. The maximum Gasteiger partial charge on any atom is 0.265 e. The largest absolute Gasteiger partial charge is 0.339 e. The smallest absolute Gasteiger partial charge is 0.265 e. The van der Waals surface area contributed by atoms with Crippen molar-refractivity contribution in [1.82, 2.24) is 4.90 Å². The molecular weight excluding hydrogens is 524 g/mol. The van der Waals surface area contributed by atoms with Crippen LogP contribution in [0.1, 0.15) is 45.5 Å². The first-order chi connectivity index (χ1) is 20.0. The maximum absolute atomic E-state index is 13.7. The predicted molar refractivity (Wildman–Crippen MR) is 168 cm³/mol. The lowest BCUT2D eigenvalue weighted by Gasteiger charge is -2.32. The van der Waals surface area contributed by atoms with E-state index in [0.717, 1.165) is 54.1 Å². The van der Waals surface area contributed by atoms with Crippen molar-refractivity contribution in [1.29, 1.82) is 0 Å². The minimum atomic E-state index is -0.00580. The first kappa shape index (κ1) is 27.1. The van der Waals surface area contributed by atoms with Crippen LogP contribution in [0.4, 0.5) is 5.69 Å². The van der Waals surface area contributed by atoms with E-state index in [1.807, 2.05) is 64.4 Å². The molecule has 0 atom stereocenters. The number of hydrogen-bond acceptors (Lipinski definition) is 3. The third-order valence-electron chi connectivity index (χ3n) is 7.98. The predicted octanol–water partition coefficient (Wildman–Crippen LogP) is 7.77. The Morgan fingerprint density at radius 3 is 2.32 bits per heavy atom. The van der Waals surface area contributed by atoms with Crippen LogP contribution in [0.3, 0.4) is 0 Å². The van der Waals surface area contributed by atoms with Crippen molar-refractivity contribution in [2.75, 3.05) is 18.0 Å². The summed E-state index contributed by atoms with van der Waals surface area (Å²) in [6, 6.07) is 34.6. The highest BCUT2D eigenvalue weighted by molar-refractivity contribution is 8.04. The van der Waals surface area contributed by atoms with Gasteiger partial charge in [0.25, 0.3) is 11.8 Å². The first-order valence-electron chi connectivity index (χ1n) is 14.3. The quantitative estimate of drug-likeness (QED) is 0.227. The van der Waals surface area contributed by atoms with Crippen LogP contribution in [-0.4, -0.2) is 29.8 Å². The van der Waals surface area contributed by atoms with E-state index in [0.29, 0.717) is 22.9 Å². The number of piperidine rings is 1. The standard InChI is InChI=1S/C36H34N2O2S/c1-26-8-7-11-30(22-26)25-38-32-12-5-6-13-33(32)41-34(36(38)40)24-28-14-16-31(17-15-28)35(39)37-20-18-29(19-21-37)23-27-9-3-2-4-10-27/h2-17,22,24,29H,18-21,23,25H2,1H3/b34-24+. The molecule has 5 heteroatoms. The molecule has 4 nitrogen and oxygen atoms in total. The van der Waals surface area contributed by atoms with Gasteiger partial charge in [0.05, 0.1) is 17.1 Å². The molecule has 1 saturated heterocycles. The fourth-order valence-corrected chi connectivity index (χ4v) is 6.81. The molecule has 0 radical (unpaired) electrons. The summed E-state index contributed by atoms with van der Waals surface area (Å²) in [4.78, 5) is 32.5. The molecule has 4 aromatic carbocycles. The number of likely N-dealkylation sites (tertiary alicyclic amines) is 1. The average Bonchev–Trinajstić information content (AvgIpc) is 3.00. The van der Waals surface area contributed by atoms with Crippen molar-refractivity contribution in [3.63, 3.8) is 0 Å². The highest BCUT2D eigenvalue weighted by Gasteiger charge is 2.29. The molecule has 2 aliphatic heterocycles. The molecule has 0 spiro atoms. The number of benzene rings is 4. The monoisotopic (exact) mass is 558 g/mol. The molecule has 0 unspecified atom stereocenters. The van der Waals surface area contributed by atoms with Gasteiger partial charge < -0.3 is 9.80 Å². The molecule has 41 heavy (non-hydrogen) atoms. The number of carbonyl (C=O) groups excluding carboxylic acids is 2. The van der Waals surface area contributed by atoms with Crippen LogP contribution in [0.25, 0.3) is 6.08 Å². The number of fused-ring (bicyclic) bond motifs is 1. The second-order valence-electron chi connectivity index (χ2n) is 11.0. The van der Waals surface area contributed by atoms with Crippen LogP contribution >= 0.6 is 11.8 Å². The Kier molecular flexibility index (Phi) is 8.06. The van der Waals surface area contributed by atoms with Gasteiger partial charge in [0.15, 0.2) is 0 Å². The lowest BCUT2D eigenvalue weighted by atomic mass is 9.90. The van der Waals surface area contributed by atoms with Crippen molar-refractivity contribution >= 4 is 35.3 Å². The number of anilines is 1. The second kappa shape index (κ2) is 12.2. The summed E-state index contributed by atoms with van der Waals surface area (Å²) in [6.07, 6.45) is 5.08. The molecule has 0 N–H and O–H groups in total. The van der Waals surface area contributed by atoms with Crippen molar-refractivity contribution in [2.45, 2.75) is 37.6 Å². The Hall–Kier alpha value is -4.09. The average molecular weight is 559 g/mol. The number of thioether (sulfide) groups is 1. The zero-order valence-electron chi connectivity index (χ0n) is 23.3. The fraction of sp³-hybridized carbons (Fsp3) is 0.222. The Morgan fingerprint density at radius 2 is 1.56 bits per heavy atom. The summed E-state index contributed by atoms with van der Waals surface area (Å²) in [5.41, 5.74) is 6.20. The Balaban J connectivity index is 1.13. The topological polar surface area (TPSA) is 40.6 Å². The van der Waals surface area contributed by atoms with Gasteiger partial charge in [-0.15, -0.1) is 0 Å². The molecule has 0 saturated carbocycles. The summed E-state index contributed by atoms with van der Waals surface area (Å²) in [7, 11) is 0. The van der Waals surface area contributed by atoms with Crippen molar-refractivity contribution in [3.05, 3.63) is 136 Å². The Labute approximate surface area is 246 Å². The van der Waals surface area contributed by atoms with Crippen LogP contribution in [0.5, 0.6) is 0 Å².